The van der Waals surface area contributed by atoms with Gasteiger partial charge in [0.15, 0.2) is 4.33 Å². The first-order valence-corrected chi connectivity index (χ1v) is 10.2. The first-order valence-electron chi connectivity index (χ1n) is 7.58. The lowest BCUT2D eigenvalue weighted by molar-refractivity contribution is -0.175. The van der Waals surface area contributed by atoms with Crippen LogP contribution in [-0.4, -0.2) is 36.9 Å². The Morgan fingerprint density at radius 1 is 0.893 bits per heavy atom. The molecule has 2 amide bonds. The van der Waals surface area contributed by atoms with Crippen molar-refractivity contribution in [2.75, 3.05) is 0 Å². The number of hydrogen-bond acceptors (Lipinski definition) is 4. The van der Waals surface area contributed by atoms with Crippen molar-refractivity contribution in [1.82, 2.24) is 5.06 Å². The third-order valence-electron chi connectivity index (χ3n) is 5.14. The minimum atomic E-state index is -2.06. The molecule has 4 atom stereocenters. The van der Waals surface area contributed by atoms with E-state index in [1.807, 2.05) is 0 Å². The molecule has 0 spiro atoms. The number of rotatable bonds is 2. The van der Waals surface area contributed by atoms with E-state index in [1.54, 1.807) is 6.07 Å². The van der Waals surface area contributed by atoms with Gasteiger partial charge < -0.3 is 4.84 Å². The molecule has 5 nitrogen and oxygen atoms in total. The number of hydroxylamine groups is 2. The van der Waals surface area contributed by atoms with E-state index in [2.05, 4.69) is 0 Å². The third kappa shape index (κ3) is 2.16. The highest BCUT2D eigenvalue weighted by molar-refractivity contribution is 6.66. The Balaban J connectivity index is 1.74. The molecule has 1 aliphatic heterocycles. The van der Waals surface area contributed by atoms with E-state index in [1.165, 1.54) is 18.2 Å². The summed E-state index contributed by atoms with van der Waals surface area (Å²) < 4.78 is -2.06. The van der Waals surface area contributed by atoms with Crippen LogP contribution in [0.2, 0.25) is 5.02 Å². The first kappa shape index (κ1) is 20.9. The second-order valence-corrected chi connectivity index (χ2v) is 10.1. The number of halogens is 7. The molecule has 1 heterocycles. The number of alkyl halides is 4. The van der Waals surface area contributed by atoms with Crippen molar-refractivity contribution < 1.29 is 19.2 Å². The molecule has 1 aromatic carbocycles. The molecule has 0 aromatic heterocycles. The number of allylic oxidation sites excluding steroid dienone is 2. The normalized spacial score (nSPS) is 35.6. The Kier molecular flexibility index (Phi) is 4.69. The summed E-state index contributed by atoms with van der Waals surface area (Å²) in [7, 11) is 0. The van der Waals surface area contributed by atoms with Crippen LogP contribution in [0.25, 0.3) is 0 Å². The summed E-state index contributed by atoms with van der Waals surface area (Å²) in [6, 6.07) is 5.94. The second-order valence-electron chi connectivity index (χ2n) is 6.41. The van der Waals surface area contributed by atoms with Crippen LogP contribution in [0.15, 0.2) is 34.3 Å². The molecule has 12 heteroatoms. The maximum atomic E-state index is 12.9. The summed E-state index contributed by atoms with van der Waals surface area (Å²) in [5.41, 5.74) is -0.0517. The summed E-state index contributed by atoms with van der Waals surface area (Å²) in [4.78, 5) is 39.3. The molecule has 0 radical (unpaired) electrons. The highest BCUT2D eigenvalue weighted by Gasteiger charge is 2.88. The van der Waals surface area contributed by atoms with Crippen LogP contribution >= 0.6 is 81.2 Å². The number of imide groups is 1. The molecule has 1 saturated carbocycles. The summed E-state index contributed by atoms with van der Waals surface area (Å²) in [6.07, 6.45) is 0. The monoisotopic (exact) mass is 521 g/mol. The zero-order chi connectivity index (χ0) is 20.8. The van der Waals surface area contributed by atoms with Gasteiger partial charge in [-0.15, -0.1) is 28.3 Å². The predicted molar refractivity (Wildman–Crippen MR) is 106 cm³/mol. The number of carbonyl (C=O) groups is 3. The van der Waals surface area contributed by atoms with Gasteiger partial charge >= 0.3 is 5.97 Å². The fourth-order valence-electron chi connectivity index (χ4n) is 3.82. The molecule has 4 rings (SSSR count). The lowest BCUT2D eigenvalue weighted by Gasteiger charge is -2.34. The molecule has 28 heavy (non-hydrogen) atoms. The molecule has 148 valence electrons. The van der Waals surface area contributed by atoms with Gasteiger partial charge in [-0.05, 0) is 12.1 Å². The minimum Gasteiger partial charge on any atom is -0.325 e. The van der Waals surface area contributed by atoms with Gasteiger partial charge in [-0.25, -0.2) is 4.79 Å². The number of carbonyl (C=O) groups excluding carboxylic acids is 3. The zero-order valence-electron chi connectivity index (χ0n) is 13.2. The molecule has 2 bridgehead atoms. The van der Waals surface area contributed by atoms with Crippen molar-refractivity contribution in [2.45, 2.75) is 14.1 Å². The van der Waals surface area contributed by atoms with Crippen LogP contribution < -0.4 is 0 Å². The quantitative estimate of drug-likeness (QED) is 0.410. The number of hydrogen-bond donors (Lipinski definition) is 0. The van der Waals surface area contributed by atoms with E-state index >= 15 is 0 Å². The van der Waals surface area contributed by atoms with Gasteiger partial charge in [0.1, 0.15) is 9.75 Å². The van der Waals surface area contributed by atoms with Crippen molar-refractivity contribution in [1.29, 1.82) is 0 Å². The van der Waals surface area contributed by atoms with E-state index < -0.39 is 43.7 Å². The minimum absolute atomic E-state index is 0.0517. The maximum Gasteiger partial charge on any atom is 0.365 e. The Labute approximate surface area is 193 Å². The van der Waals surface area contributed by atoms with Crippen molar-refractivity contribution in [3.05, 3.63) is 44.9 Å². The van der Waals surface area contributed by atoms with Gasteiger partial charge in [0.2, 0.25) is 0 Å². The molecule has 1 aromatic rings. The van der Waals surface area contributed by atoms with Crippen molar-refractivity contribution >= 4 is 99.0 Å². The molecule has 0 unspecified atom stereocenters. The zero-order valence-corrected chi connectivity index (χ0v) is 18.5. The smallest absolute Gasteiger partial charge is 0.325 e. The topological polar surface area (TPSA) is 63.7 Å². The fraction of sp³-hybridized carbons (Fsp3) is 0.312. The Bertz CT molecular complexity index is 949. The summed E-state index contributed by atoms with van der Waals surface area (Å²) >= 11 is 44.1. The van der Waals surface area contributed by atoms with Gasteiger partial charge in [0.05, 0.1) is 32.5 Å². The van der Waals surface area contributed by atoms with Crippen LogP contribution in [0.1, 0.15) is 10.4 Å². The molecular weight excluding hydrogens is 518 g/mol. The largest absolute Gasteiger partial charge is 0.365 e. The number of amides is 2. The highest BCUT2D eigenvalue weighted by Crippen LogP contribution is 2.77. The van der Waals surface area contributed by atoms with Crippen LogP contribution in [0.3, 0.4) is 0 Å². The van der Waals surface area contributed by atoms with Gasteiger partial charge in [-0.1, -0.05) is 70.1 Å². The second kappa shape index (κ2) is 6.30. The molecule has 1 saturated heterocycles. The Hall–Kier alpha value is -0.400. The van der Waals surface area contributed by atoms with Crippen LogP contribution in [0, 0.1) is 11.8 Å². The van der Waals surface area contributed by atoms with E-state index in [9.17, 15) is 14.4 Å². The predicted octanol–water partition coefficient (Wildman–Crippen LogP) is 4.86. The fourth-order valence-corrected chi connectivity index (χ4v) is 6.96. The van der Waals surface area contributed by atoms with Crippen LogP contribution in [0.5, 0.6) is 0 Å². The van der Waals surface area contributed by atoms with Gasteiger partial charge in [0.25, 0.3) is 11.8 Å². The Morgan fingerprint density at radius 2 is 1.36 bits per heavy atom. The van der Waals surface area contributed by atoms with Crippen molar-refractivity contribution in [3.63, 3.8) is 0 Å². The van der Waals surface area contributed by atoms with E-state index in [0.717, 1.165) is 0 Å². The van der Waals surface area contributed by atoms with E-state index in [0.29, 0.717) is 0 Å². The number of fused-ring (bicyclic) bond motifs is 5. The van der Waals surface area contributed by atoms with Gasteiger partial charge in [-0.2, -0.15) is 0 Å². The summed E-state index contributed by atoms with van der Waals surface area (Å²) in [6.45, 7) is 0. The molecule has 0 N–H and O–H groups in total. The number of nitrogens with zero attached hydrogens (tertiary/aromatic N) is 1. The maximum absolute atomic E-state index is 12.9. The van der Waals surface area contributed by atoms with Crippen molar-refractivity contribution in [3.8, 4) is 0 Å². The first-order chi connectivity index (χ1) is 12.9. The third-order valence-corrected chi connectivity index (χ3v) is 9.72. The summed E-state index contributed by atoms with van der Waals surface area (Å²) in [5.74, 6) is -5.74. The molecule has 3 aliphatic rings. The van der Waals surface area contributed by atoms with Gasteiger partial charge in [-0.3, -0.25) is 9.59 Å². The SMILES string of the molecule is O=C(ON1C(=O)[C@H]2[C@H](C1=O)[C@@]1(Cl)C(Cl)=C(Cl)[C@@]2(Cl)C1(Cl)Cl)c1ccccc1Cl. The molecule has 2 aliphatic carbocycles. The van der Waals surface area contributed by atoms with Gasteiger partial charge in [0, 0.05) is 0 Å². The van der Waals surface area contributed by atoms with E-state index in [4.69, 9.17) is 86.0 Å². The average molecular weight is 524 g/mol. The van der Waals surface area contributed by atoms with Crippen LogP contribution in [0.4, 0.5) is 0 Å². The molecule has 2 fully saturated rings. The Morgan fingerprint density at radius 3 is 1.82 bits per heavy atom. The van der Waals surface area contributed by atoms with E-state index in [-0.39, 0.29) is 25.7 Å². The number of benzene rings is 1. The lowest BCUT2D eigenvalue weighted by atomic mass is 9.84. The molecular formula is C16H6Cl7NO4. The lowest BCUT2D eigenvalue weighted by Crippen LogP contribution is -2.50. The van der Waals surface area contributed by atoms with Crippen molar-refractivity contribution in [2.24, 2.45) is 11.8 Å². The summed E-state index contributed by atoms with van der Waals surface area (Å²) in [5, 5.41) is -0.129. The average Bonchev–Trinajstić information content (AvgIpc) is 3.01. The highest BCUT2D eigenvalue weighted by atomic mass is 35.5. The van der Waals surface area contributed by atoms with Crippen LogP contribution in [-0.2, 0) is 14.4 Å². The standard InChI is InChI=1S/C16H6Cl7NO4/c17-6-4-2-1-3-5(6)13(27)28-24-11(25)7-8(12(24)26)15(21)10(19)9(18)14(7,20)16(15,22)23/h1-4,7-8H/t7-,8-,14-,15-/m1/s1.